The van der Waals surface area contributed by atoms with Crippen LogP contribution in [0.4, 0.5) is 0 Å². The third-order valence-corrected chi connectivity index (χ3v) is 3.99. The molecule has 1 N–H and O–H groups in total. The summed E-state index contributed by atoms with van der Waals surface area (Å²) >= 11 is 0. The highest BCUT2D eigenvalue weighted by Gasteiger charge is 2.05. The number of hydrogen-bond donors (Lipinski definition) is 1. The summed E-state index contributed by atoms with van der Waals surface area (Å²) < 4.78 is 0. The highest BCUT2D eigenvalue weighted by atomic mass is 16.2. The molecule has 1 amide bonds. The molecule has 0 spiro atoms. The molecule has 0 saturated carbocycles. The molecule has 3 heteroatoms. The fourth-order valence-corrected chi connectivity index (χ4v) is 2.53. The van der Waals surface area contributed by atoms with Gasteiger partial charge in [-0.05, 0) is 39.9 Å². The predicted molar refractivity (Wildman–Crippen MR) is 99.5 cm³/mol. The van der Waals surface area contributed by atoms with E-state index < -0.39 is 0 Å². The van der Waals surface area contributed by atoms with Crippen LogP contribution in [-0.2, 0) is 0 Å². The second-order valence-electron chi connectivity index (χ2n) is 6.08. The number of fused-ring (bicyclic) bond motifs is 1. The molecule has 0 radical (unpaired) electrons. The Labute approximate surface area is 142 Å². The van der Waals surface area contributed by atoms with Crippen LogP contribution in [0.15, 0.2) is 71.8 Å². The van der Waals surface area contributed by atoms with Crippen molar-refractivity contribution in [2.24, 2.45) is 5.10 Å². The van der Waals surface area contributed by atoms with E-state index >= 15 is 0 Å². The molecular formula is C21H20N2O. The summed E-state index contributed by atoms with van der Waals surface area (Å²) in [4.78, 5) is 12.2. The maximum absolute atomic E-state index is 12.2. The van der Waals surface area contributed by atoms with E-state index in [0.717, 1.165) is 16.3 Å². The number of carbonyl (C=O) groups excluding carboxylic acids is 1. The lowest BCUT2D eigenvalue weighted by atomic mass is 10.0. The van der Waals surface area contributed by atoms with Crippen LogP contribution in [0, 0.1) is 0 Å². The van der Waals surface area contributed by atoms with Gasteiger partial charge in [0.25, 0.3) is 5.91 Å². The Morgan fingerprint density at radius 2 is 1.67 bits per heavy atom. The van der Waals surface area contributed by atoms with Gasteiger partial charge in [0.15, 0.2) is 0 Å². The van der Waals surface area contributed by atoms with Gasteiger partial charge in [-0.2, -0.15) is 5.10 Å². The van der Waals surface area contributed by atoms with Gasteiger partial charge >= 0.3 is 0 Å². The Bertz CT molecular complexity index is 880. The molecule has 0 fully saturated rings. The van der Waals surface area contributed by atoms with Gasteiger partial charge in [0, 0.05) is 5.56 Å². The van der Waals surface area contributed by atoms with Gasteiger partial charge < -0.3 is 0 Å². The normalized spacial score (nSPS) is 11.3. The van der Waals surface area contributed by atoms with Gasteiger partial charge in [-0.1, -0.05) is 68.4 Å². The van der Waals surface area contributed by atoms with Crippen molar-refractivity contribution in [3.8, 4) is 0 Å². The lowest BCUT2D eigenvalue weighted by Gasteiger charge is -2.04. The lowest BCUT2D eigenvalue weighted by Crippen LogP contribution is -2.17. The topological polar surface area (TPSA) is 41.5 Å². The van der Waals surface area contributed by atoms with Crippen molar-refractivity contribution in [2.45, 2.75) is 19.8 Å². The first kappa shape index (κ1) is 15.9. The molecule has 3 aromatic rings. The van der Waals surface area contributed by atoms with Crippen LogP contribution in [0.25, 0.3) is 10.8 Å². The second kappa shape index (κ2) is 7.09. The van der Waals surface area contributed by atoms with Crippen LogP contribution < -0.4 is 5.43 Å². The number of amides is 1. The number of hydrogen-bond acceptors (Lipinski definition) is 2. The van der Waals surface area contributed by atoms with Crippen molar-refractivity contribution < 1.29 is 4.79 Å². The van der Waals surface area contributed by atoms with Crippen molar-refractivity contribution in [1.29, 1.82) is 0 Å². The Hall–Kier alpha value is -2.94. The Balaban J connectivity index is 1.67. The van der Waals surface area contributed by atoms with Gasteiger partial charge in [0.1, 0.15) is 0 Å². The molecule has 0 unspecified atom stereocenters. The largest absolute Gasteiger partial charge is 0.271 e. The van der Waals surface area contributed by atoms with Crippen molar-refractivity contribution in [2.75, 3.05) is 0 Å². The second-order valence-corrected chi connectivity index (χ2v) is 6.08. The molecule has 0 saturated heterocycles. The van der Waals surface area contributed by atoms with E-state index in [2.05, 4.69) is 36.5 Å². The number of benzene rings is 3. The molecule has 0 aromatic heterocycles. The summed E-state index contributed by atoms with van der Waals surface area (Å²) in [6.07, 6.45) is 1.66. The van der Waals surface area contributed by atoms with E-state index in [-0.39, 0.29) is 5.91 Å². The molecule has 0 bridgehead atoms. The minimum Gasteiger partial charge on any atom is -0.267 e. The van der Waals surface area contributed by atoms with Crippen LogP contribution in [0.2, 0.25) is 0 Å². The number of rotatable bonds is 4. The average Bonchev–Trinajstić information content (AvgIpc) is 2.61. The summed E-state index contributed by atoms with van der Waals surface area (Å²) in [5.74, 6) is 0.291. The van der Waals surface area contributed by atoms with Gasteiger partial charge in [-0.25, -0.2) is 5.43 Å². The molecule has 0 heterocycles. The molecule has 3 aromatic carbocycles. The highest BCUT2D eigenvalue weighted by Crippen LogP contribution is 2.16. The van der Waals surface area contributed by atoms with Crippen molar-refractivity contribution >= 4 is 22.9 Å². The van der Waals surface area contributed by atoms with Gasteiger partial charge in [0.05, 0.1) is 6.21 Å². The molecule has 0 aliphatic heterocycles. The molecule has 120 valence electrons. The monoisotopic (exact) mass is 316 g/mol. The molecule has 24 heavy (non-hydrogen) atoms. The third-order valence-electron chi connectivity index (χ3n) is 3.99. The standard InChI is InChI=1S/C21H20N2O/c1-15(2)17-9-7-16(8-10-17)14-22-23-21(24)20-12-11-18-5-3-4-6-19(18)13-20/h3-15H,1-2H3,(H,23,24)/b22-14+. The number of nitrogens with zero attached hydrogens (tertiary/aromatic N) is 1. The molecule has 3 nitrogen and oxygen atoms in total. The van der Waals surface area contributed by atoms with Crippen molar-refractivity contribution in [3.63, 3.8) is 0 Å². The first-order chi connectivity index (χ1) is 11.6. The first-order valence-corrected chi connectivity index (χ1v) is 8.05. The Morgan fingerprint density at radius 1 is 0.958 bits per heavy atom. The third kappa shape index (κ3) is 3.69. The zero-order valence-corrected chi connectivity index (χ0v) is 13.9. The molecule has 0 aliphatic carbocycles. The van der Waals surface area contributed by atoms with Crippen molar-refractivity contribution in [3.05, 3.63) is 83.4 Å². The van der Waals surface area contributed by atoms with Crippen LogP contribution in [0.3, 0.4) is 0 Å². The highest BCUT2D eigenvalue weighted by molar-refractivity contribution is 5.98. The zero-order chi connectivity index (χ0) is 16.9. The quantitative estimate of drug-likeness (QED) is 0.549. The van der Waals surface area contributed by atoms with E-state index in [1.54, 1.807) is 6.21 Å². The zero-order valence-electron chi connectivity index (χ0n) is 13.9. The lowest BCUT2D eigenvalue weighted by molar-refractivity contribution is 0.0955. The van der Waals surface area contributed by atoms with Crippen LogP contribution in [0.1, 0.15) is 41.3 Å². The number of hydrazone groups is 1. The minimum atomic E-state index is -0.212. The first-order valence-electron chi connectivity index (χ1n) is 8.05. The Morgan fingerprint density at radius 3 is 2.38 bits per heavy atom. The fraction of sp³-hybridized carbons (Fsp3) is 0.143. The SMILES string of the molecule is CC(C)c1ccc(/C=N/NC(=O)c2ccc3ccccc3c2)cc1. The maximum Gasteiger partial charge on any atom is 0.271 e. The van der Waals surface area contributed by atoms with Crippen LogP contribution in [-0.4, -0.2) is 12.1 Å². The summed E-state index contributed by atoms with van der Waals surface area (Å²) in [6, 6.07) is 21.7. The summed E-state index contributed by atoms with van der Waals surface area (Å²) in [5.41, 5.74) is 5.42. The Kier molecular flexibility index (Phi) is 4.71. The smallest absolute Gasteiger partial charge is 0.267 e. The number of carbonyl (C=O) groups is 1. The van der Waals surface area contributed by atoms with Crippen molar-refractivity contribution in [1.82, 2.24) is 5.43 Å². The fourth-order valence-electron chi connectivity index (χ4n) is 2.53. The molecule has 3 rings (SSSR count). The van der Waals surface area contributed by atoms with E-state index in [9.17, 15) is 4.79 Å². The average molecular weight is 316 g/mol. The van der Waals surface area contributed by atoms with E-state index in [4.69, 9.17) is 0 Å². The minimum absolute atomic E-state index is 0.212. The summed E-state index contributed by atoms with van der Waals surface area (Å²) in [6.45, 7) is 4.32. The maximum atomic E-state index is 12.2. The summed E-state index contributed by atoms with van der Waals surface area (Å²) in [7, 11) is 0. The molecule has 0 atom stereocenters. The van der Waals surface area contributed by atoms with E-state index in [1.807, 2.05) is 54.6 Å². The van der Waals surface area contributed by atoms with E-state index in [1.165, 1.54) is 5.56 Å². The predicted octanol–water partition coefficient (Wildman–Crippen LogP) is 4.73. The molecule has 0 aliphatic rings. The van der Waals surface area contributed by atoms with E-state index in [0.29, 0.717) is 11.5 Å². The van der Waals surface area contributed by atoms with Crippen LogP contribution >= 0.6 is 0 Å². The van der Waals surface area contributed by atoms with Gasteiger partial charge in [0.2, 0.25) is 0 Å². The molecular weight excluding hydrogens is 296 g/mol. The number of nitrogens with one attached hydrogen (secondary N) is 1. The van der Waals surface area contributed by atoms with Gasteiger partial charge in [-0.3, -0.25) is 4.79 Å². The van der Waals surface area contributed by atoms with Crippen LogP contribution in [0.5, 0.6) is 0 Å². The van der Waals surface area contributed by atoms with Gasteiger partial charge in [-0.15, -0.1) is 0 Å². The summed E-state index contributed by atoms with van der Waals surface area (Å²) in [5, 5.41) is 6.20.